The van der Waals surface area contributed by atoms with E-state index in [1.165, 1.54) is 5.56 Å². The zero-order valence-electron chi connectivity index (χ0n) is 7.04. The van der Waals surface area contributed by atoms with Gasteiger partial charge >= 0.3 is 90.3 Å². The van der Waals surface area contributed by atoms with Crippen LogP contribution in [0.3, 0.4) is 0 Å². The summed E-state index contributed by atoms with van der Waals surface area (Å²) >= 11 is 1.09. The summed E-state index contributed by atoms with van der Waals surface area (Å²) in [5, 5.41) is 8.26. The molecule has 3 nitrogen and oxygen atoms in total. The Hall–Kier alpha value is -0.822. The van der Waals surface area contributed by atoms with Crippen molar-refractivity contribution in [1.82, 2.24) is 15.0 Å². The van der Waals surface area contributed by atoms with Gasteiger partial charge in [-0.2, -0.15) is 0 Å². The Labute approximate surface area is 90.3 Å². The molecule has 2 rings (SSSR count). The molecule has 1 unspecified atom stereocenters. The van der Waals surface area contributed by atoms with E-state index in [1.54, 1.807) is 17.2 Å². The fourth-order valence-electron chi connectivity index (χ4n) is 1.15. The summed E-state index contributed by atoms with van der Waals surface area (Å²) in [5.41, 5.74) is 1.28. The molecule has 0 radical (unpaired) electrons. The van der Waals surface area contributed by atoms with Gasteiger partial charge in [0.05, 0.1) is 0 Å². The number of hydrogen-bond acceptors (Lipinski definition) is 2. The third kappa shape index (κ3) is 1.91. The minimum absolute atomic E-state index is 0.335. The SMILES string of the molecule is [SbH2][CH](c1ccccc1)n1nccn1. The van der Waals surface area contributed by atoms with Crippen molar-refractivity contribution in [3.05, 3.63) is 48.3 Å². The Kier molecular flexibility index (Phi) is 2.65. The van der Waals surface area contributed by atoms with Crippen LogP contribution in [0.2, 0.25) is 0 Å². The Morgan fingerprint density at radius 1 is 1.08 bits per heavy atom. The van der Waals surface area contributed by atoms with Crippen molar-refractivity contribution in [3.63, 3.8) is 0 Å². The van der Waals surface area contributed by atoms with E-state index >= 15 is 0 Å². The van der Waals surface area contributed by atoms with Gasteiger partial charge in [-0.25, -0.2) is 0 Å². The van der Waals surface area contributed by atoms with Crippen LogP contribution in [0.15, 0.2) is 42.7 Å². The van der Waals surface area contributed by atoms with Gasteiger partial charge in [-0.3, -0.25) is 0 Å². The summed E-state index contributed by atoms with van der Waals surface area (Å²) in [6, 6.07) is 10.3. The molecule has 13 heavy (non-hydrogen) atoms. The third-order valence-corrected chi connectivity index (χ3v) is 3.69. The molecule has 0 bridgehead atoms. The molecule has 0 fully saturated rings. The predicted octanol–water partition coefficient (Wildman–Crippen LogP) is 0.458. The number of rotatable bonds is 2. The van der Waals surface area contributed by atoms with Crippen molar-refractivity contribution in [2.45, 2.75) is 3.99 Å². The van der Waals surface area contributed by atoms with E-state index in [0.717, 1.165) is 23.0 Å². The van der Waals surface area contributed by atoms with Gasteiger partial charge in [0.25, 0.3) is 0 Å². The summed E-state index contributed by atoms with van der Waals surface area (Å²) in [5.74, 6) is 0. The average molecular weight is 282 g/mol. The molecule has 1 heterocycles. The van der Waals surface area contributed by atoms with E-state index in [4.69, 9.17) is 0 Å². The van der Waals surface area contributed by atoms with Crippen LogP contribution in [0, 0.1) is 0 Å². The van der Waals surface area contributed by atoms with E-state index in [-0.39, 0.29) is 0 Å². The summed E-state index contributed by atoms with van der Waals surface area (Å²) in [6.45, 7) is 0. The summed E-state index contributed by atoms with van der Waals surface area (Å²) in [7, 11) is 0. The standard InChI is InChI=1S/C9H8N3.Sb.2H/c1-2-4-9(5-3-1)8-12-10-6-7-11-12;;;/h1-8H;;;. The second kappa shape index (κ2) is 3.92. The average Bonchev–Trinajstić information content (AvgIpc) is 2.71. The first-order valence-corrected chi connectivity index (χ1v) is 5.94. The van der Waals surface area contributed by atoms with Crippen LogP contribution in [0.1, 0.15) is 9.55 Å². The summed E-state index contributed by atoms with van der Waals surface area (Å²) < 4.78 is 0.335. The van der Waals surface area contributed by atoms with Crippen molar-refractivity contribution in [2.75, 3.05) is 0 Å². The molecule has 66 valence electrons. The maximum absolute atomic E-state index is 4.13. The molecule has 0 aliphatic carbocycles. The van der Waals surface area contributed by atoms with Crippen molar-refractivity contribution in [2.24, 2.45) is 0 Å². The fraction of sp³-hybridized carbons (Fsp3) is 0.111. The Balaban J connectivity index is 2.29. The number of hydrogen-bond donors (Lipinski definition) is 0. The van der Waals surface area contributed by atoms with Crippen LogP contribution >= 0.6 is 0 Å². The molecular weight excluding hydrogens is 272 g/mol. The van der Waals surface area contributed by atoms with Crippen molar-refractivity contribution in [3.8, 4) is 0 Å². The molecule has 0 saturated heterocycles. The zero-order valence-corrected chi connectivity index (χ0v) is 10.3. The molecule has 2 aromatic rings. The van der Waals surface area contributed by atoms with Gasteiger partial charge in [0.2, 0.25) is 0 Å². The van der Waals surface area contributed by atoms with Gasteiger partial charge in [0, 0.05) is 0 Å². The third-order valence-electron chi connectivity index (χ3n) is 1.83. The van der Waals surface area contributed by atoms with E-state index < -0.39 is 0 Å². The van der Waals surface area contributed by atoms with Gasteiger partial charge in [-0.1, -0.05) is 0 Å². The molecule has 1 aromatic carbocycles. The first-order valence-electron chi connectivity index (χ1n) is 4.04. The Bertz CT molecular complexity index is 358. The number of aromatic nitrogens is 3. The first kappa shape index (κ1) is 8.76. The fourth-order valence-corrected chi connectivity index (χ4v) is 2.23. The Morgan fingerprint density at radius 2 is 1.69 bits per heavy atom. The van der Waals surface area contributed by atoms with Gasteiger partial charge in [-0.05, 0) is 0 Å². The van der Waals surface area contributed by atoms with Crippen LogP contribution in [0.25, 0.3) is 0 Å². The molecule has 0 aliphatic heterocycles. The minimum atomic E-state index is 0.335. The normalized spacial score (nSPS) is 12.7. The molecule has 1 aromatic heterocycles. The second-order valence-corrected chi connectivity index (χ2v) is 4.51. The Morgan fingerprint density at radius 3 is 2.31 bits per heavy atom. The molecule has 4 heteroatoms. The van der Waals surface area contributed by atoms with Crippen molar-refractivity contribution < 1.29 is 0 Å². The number of benzene rings is 1. The summed E-state index contributed by atoms with van der Waals surface area (Å²) in [6.07, 6.45) is 3.43. The zero-order chi connectivity index (χ0) is 9.10. The maximum atomic E-state index is 4.13. The van der Waals surface area contributed by atoms with Crippen LogP contribution in [-0.2, 0) is 0 Å². The monoisotopic (exact) mass is 281 g/mol. The van der Waals surface area contributed by atoms with Crippen LogP contribution in [-0.4, -0.2) is 38.0 Å². The topological polar surface area (TPSA) is 30.7 Å². The second-order valence-electron chi connectivity index (χ2n) is 2.70. The molecule has 1 atom stereocenters. The quantitative estimate of drug-likeness (QED) is 0.749. The van der Waals surface area contributed by atoms with Crippen LogP contribution in [0.5, 0.6) is 0 Å². The van der Waals surface area contributed by atoms with Gasteiger partial charge in [-0.15, -0.1) is 0 Å². The molecule has 0 aliphatic rings. The van der Waals surface area contributed by atoms with Gasteiger partial charge < -0.3 is 0 Å². The van der Waals surface area contributed by atoms with Crippen molar-refractivity contribution in [1.29, 1.82) is 0 Å². The van der Waals surface area contributed by atoms with Gasteiger partial charge in [0.1, 0.15) is 0 Å². The first-order chi connectivity index (χ1) is 6.38. The molecule has 0 amide bonds. The number of nitrogens with zero attached hydrogens (tertiary/aromatic N) is 3. The van der Waals surface area contributed by atoms with E-state index in [0.29, 0.717) is 3.99 Å². The van der Waals surface area contributed by atoms with Crippen LogP contribution in [0.4, 0.5) is 0 Å². The molecule has 0 spiro atoms. The van der Waals surface area contributed by atoms with E-state index in [2.05, 4.69) is 22.3 Å². The van der Waals surface area contributed by atoms with E-state index in [1.807, 2.05) is 18.2 Å². The molecule has 0 saturated carbocycles. The molecular formula is C9H10N3Sb. The van der Waals surface area contributed by atoms with Gasteiger partial charge in [0.15, 0.2) is 0 Å². The summed E-state index contributed by atoms with van der Waals surface area (Å²) in [4.78, 5) is 1.76. The van der Waals surface area contributed by atoms with E-state index in [9.17, 15) is 0 Å². The van der Waals surface area contributed by atoms with Crippen LogP contribution < -0.4 is 0 Å². The predicted molar refractivity (Wildman–Crippen MR) is 53.1 cm³/mol. The molecule has 0 N–H and O–H groups in total. The van der Waals surface area contributed by atoms with Crippen molar-refractivity contribution >= 4 is 23.0 Å².